The van der Waals surface area contributed by atoms with E-state index in [9.17, 15) is 18.8 Å². The largest absolute Gasteiger partial charge is 0.496 e. The normalized spacial score (nSPS) is 12.6. The van der Waals surface area contributed by atoms with E-state index in [2.05, 4.69) is 16.8 Å². The van der Waals surface area contributed by atoms with Crippen molar-refractivity contribution >= 4 is 27.5 Å². The van der Waals surface area contributed by atoms with Crippen molar-refractivity contribution in [3.8, 4) is 10.8 Å². The molecule has 13 heteroatoms. The Labute approximate surface area is 246 Å². The lowest BCUT2D eigenvalue weighted by atomic mass is 10.0. The lowest BCUT2D eigenvalue weighted by molar-refractivity contribution is -0.137. The molecule has 4 rings (SSSR count). The lowest BCUT2D eigenvalue weighted by Gasteiger charge is -2.31. The molecule has 0 bridgehead atoms. The second-order valence-corrected chi connectivity index (χ2v) is 11.6. The van der Waals surface area contributed by atoms with Gasteiger partial charge in [-0.2, -0.15) is 10.2 Å². The summed E-state index contributed by atoms with van der Waals surface area (Å²) in [5.41, 5.74) is -1.95. The Morgan fingerprint density at radius 1 is 1.24 bits per heavy atom. The van der Waals surface area contributed by atoms with E-state index in [0.717, 1.165) is 4.57 Å². The molecule has 0 saturated carbocycles. The standard InChI is InChI=1S/C29H35FN6O5S/c1-9-14-33(7)27(38)29(5,6)35-24(37)23-18(4)25(36-31-12-13-32-36)42-26(23)34(28(35)39)16-22(41-17(2)3)20-15-19(30)10-11-21(20)40-8/h9-13,15,17,22H,1,14,16H2,2-8H3/t22-/m0/s1. The third kappa shape index (κ3) is 5.53. The Hall–Kier alpha value is -4.10. The van der Waals surface area contributed by atoms with Crippen LogP contribution in [0.5, 0.6) is 5.75 Å². The molecule has 0 fully saturated rings. The molecule has 0 aliphatic carbocycles. The predicted octanol–water partition coefficient (Wildman–Crippen LogP) is 3.81. The molecule has 0 aliphatic rings. The molecule has 224 valence electrons. The Balaban J connectivity index is 2.06. The number of rotatable bonds is 11. The zero-order valence-corrected chi connectivity index (χ0v) is 25.6. The quantitative estimate of drug-likeness (QED) is 0.241. The summed E-state index contributed by atoms with van der Waals surface area (Å²) >= 11 is 1.17. The summed E-state index contributed by atoms with van der Waals surface area (Å²) in [6, 6.07) is 4.08. The maximum absolute atomic E-state index is 14.5. The summed E-state index contributed by atoms with van der Waals surface area (Å²) < 4.78 is 28.6. The highest BCUT2D eigenvalue weighted by molar-refractivity contribution is 7.21. The van der Waals surface area contributed by atoms with Crippen LogP contribution >= 0.6 is 11.3 Å². The van der Waals surface area contributed by atoms with Gasteiger partial charge < -0.3 is 14.4 Å². The van der Waals surface area contributed by atoms with E-state index in [4.69, 9.17) is 9.47 Å². The van der Waals surface area contributed by atoms with Crippen LogP contribution < -0.4 is 16.0 Å². The van der Waals surface area contributed by atoms with Crippen molar-refractivity contribution in [3.63, 3.8) is 0 Å². The lowest BCUT2D eigenvalue weighted by Crippen LogP contribution is -2.56. The maximum atomic E-state index is 14.5. The van der Waals surface area contributed by atoms with E-state index >= 15 is 0 Å². The number of benzene rings is 1. The first-order valence-electron chi connectivity index (χ1n) is 13.3. The number of hydrogen-bond donors (Lipinski definition) is 0. The van der Waals surface area contributed by atoms with Crippen LogP contribution in [0.4, 0.5) is 4.39 Å². The number of aryl methyl sites for hydroxylation is 1. The fourth-order valence-electron chi connectivity index (χ4n) is 5.01. The molecule has 42 heavy (non-hydrogen) atoms. The van der Waals surface area contributed by atoms with Crippen molar-refractivity contribution in [2.45, 2.75) is 58.9 Å². The number of hydrogen-bond acceptors (Lipinski definition) is 8. The number of nitrogens with zero attached hydrogens (tertiary/aromatic N) is 6. The van der Waals surface area contributed by atoms with Gasteiger partial charge in [0.05, 0.1) is 37.5 Å². The van der Waals surface area contributed by atoms with Crippen molar-refractivity contribution in [2.24, 2.45) is 0 Å². The molecule has 1 aromatic carbocycles. The monoisotopic (exact) mass is 598 g/mol. The van der Waals surface area contributed by atoms with Gasteiger partial charge in [-0.3, -0.25) is 14.2 Å². The minimum Gasteiger partial charge on any atom is -0.496 e. The first kappa shape index (κ1) is 30.8. The highest BCUT2D eigenvalue weighted by atomic mass is 32.1. The first-order chi connectivity index (χ1) is 19.8. The van der Waals surface area contributed by atoms with Crippen molar-refractivity contribution in [2.75, 3.05) is 20.7 Å². The van der Waals surface area contributed by atoms with Gasteiger partial charge >= 0.3 is 5.69 Å². The van der Waals surface area contributed by atoms with E-state index in [1.54, 1.807) is 20.0 Å². The summed E-state index contributed by atoms with van der Waals surface area (Å²) in [7, 11) is 3.04. The average Bonchev–Trinajstić information content (AvgIpc) is 3.58. The Morgan fingerprint density at radius 3 is 2.50 bits per heavy atom. The topological polar surface area (TPSA) is 113 Å². The number of ether oxygens (including phenoxy) is 2. The van der Waals surface area contributed by atoms with Crippen molar-refractivity contribution < 1.29 is 18.7 Å². The minimum atomic E-state index is -1.56. The van der Waals surface area contributed by atoms with Gasteiger partial charge in [-0.15, -0.1) is 11.4 Å². The number of carbonyl (C=O) groups excluding carboxylic acids is 1. The van der Waals surface area contributed by atoms with Gasteiger partial charge in [-0.1, -0.05) is 17.4 Å². The van der Waals surface area contributed by atoms with E-state index in [-0.39, 0.29) is 24.6 Å². The van der Waals surface area contributed by atoms with Crippen LogP contribution in [0.3, 0.4) is 0 Å². The molecular formula is C29H35FN6O5S. The number of halogens is 1. The summed E-state index contributed by atoms with van der Waals surface area (Å²) in [5.74, 6) is -0.567. The van der Waals surface area contributed by atoms with Gasteiger partial charge in [0.25, 0.3) is 5.56 Å². The van der Waals surface area contributed by atoms with Gasteiger partial charge in [0.15, 0.2) is 0 Å². The summed E-state index contributed by atoms with van der Waals surface area (Å²) in [6.07, 6.45) is 3.42. The second kappa shape index (κ2) is 12.0. The molecular weight excluding hydrogens is 563 g/mol. The molecule has 11 nitrogen and oxygen atoms in total. The molecule has 0 spiro atoms. The number of thiophene rings is 1. The molecule has 1 atom stereocenters. The SMILES string of the molecule is C=CCN(C)C(=O)C(C)(C)n1c(=O)c2c(C)c(-n3nccn3)sc2n(C[C@H](OC(C)C)c2cc(F)ccc2OC)c1=O. The Bertz CT molecular complexity index is 1740. The Kier molecular flexibility index (Phi) is 8.83. The van der Waals surface area contributed by atoms with Crippen molar-refractivity contribution in [1.82, 2.24) is 29.0 Å². The number of likely N-dealkylation sites (N-methyl/N-ethyl adjacent to an activating group) is 1. The number of fused-ring (bicyclic) bond motifs is 1. The highest BCUT2D eigenvalue weighted by Gasteiger charge is 2.37. The molecule has 0 N–H and O–H groups in total. The first-order valence-corrected chi connectivity index (χ1v) is 14.2. The number of carbonyl (C=O) groups is 1. The predicted molar refractivity (Wildman–Crippen MR) is 159 cm³/mol. The highest BCUT2D eigenvalue weighted by Crippen LogP contribution is 2.34. The van der Waals surface area contributed by atoms with E-state index in [1.807, 2.05) is 13.8 Å². The third-order valence-electron chi connectivity index (χ3n) is 6.94. The third-order valence-corrected chi connectivity index (χ3v) is 8.22. The molecule has 0 unspecified atom stereocenters. The van der Waals surface area contributed by atoms with Crippen molar-refractivity contribution in [3.05, 3.63) is 81.0 Å². The summed E-state index contributed by atoms with van der Waals surface area (Å²) in [6.45, 7) is 12.3. The zero-order valence-electron chi connectivity index (χ0n) is 24.8. The molecule has 3 heterocycles. The van der Waals surface area contributed by atoms with Crippen LogP contribution in [0.2, 0.25) is 0 Å². The maximum Gasteiger partial charge on any atom is 0.333 e. The second-order valence-electron chi connectivity index (χ2n) is 10.7. The van der Waals surface area contributed by atoms with Crippen LogP contribution in [-0.4, -0.2) is 61.7 Å². The summed E-state index contributed by atoms with van der Waals surface area (Å²) in [5, 5.41) is 9.21. The van der Waals surface area contributed by atoms with Crippen LogP contribution in [-0.2, 0) is 21.6 Å². The molecule has 4 aromatic rings. The zero-order chi connectivity index (χ0) is 30.9. The molecule has 3 aromatic heterocycles. The van der Waals surface area contributed by atoms with Gasteiger partial charge in [-0.25, -0.2) is 13.8 Å². The van der Waals surface area contributed by atoms with Gasteiger partial charge in [0, 0.05) is 24.7 Å². The average molecular weight is 599 g/mol. The molecule has 0 saturated heterocycles. The van der Waals surface area contributed by atoms with Gasteiger partial charge in [-0.05, 0) is 52.8 Å². The van der Waals surface area contributed by atoms with Gasteiger partial charge in [0.1, 0.15) is 33.0 Å². The van der Waals surface area contributed by atoms with Gasteiger partial charge in [0.2, 0.25) is 5.91 Å². The van der Waals surface area contributed by atoms with Crippen LogP contribution in [0.1, 0.15) is 44.9 Å². The number of amides is 1. The van der Waals surface area contributed by atoms with Crippen LogP contribution in [0, 0.1) is 12.7 Å². The smallest absolute Gasteiger partial charge is 0.333 e. The fourth-order valence-corrected chi connectivity index (χ4v) is 6.22. The number of methoxy groups -OCH3 is 1. The Morgan fingerprint density at radius 2 is 1.90 bits per heavy atom. The fraction of sp³-hybridized carbons (Fsp3) is 0.414. The molecule has 0 aliphatic heterocycles. The van der Waals surface area contributed by atoms with Crippen LogP contribution in [0.15, 0.2) is 52.8 Å². The van der Waals surface area contributed by atoms with E-state index in [1.165, 1.54) is 77.2 Å². The molecule has 1 amide bonds. The van der Waals surface area contributed by atoms with Crippen LogP contribution in [0.25, 0.3) is 15.2 Å². The minimum absolute atomic E-state index is 0.105. The van der Waals surface area contributed by atoms with E-state index in [0.29, 0.717) is 26.7 Å². The number of aromatic nitrogens is 5. The van der Waals surface area contributed by atoms with E-state index < -0.39 is 34.6 Å². The summed E-state index contributed by atoms with van der Waals surface area (Å²) in [4.78, 5) is 45.2. The molecule has 0 radical (unpaired) electrons. The van der Waals surface area contributed by atoms with Crippen molar-refractivity contribution in [1.29, 1.82) is 0 Å².